The molecule has 0 saturated heterocycles. The van der Waals surface area contributed by atoms with E-state index in [-0.39, 0.29) is 29.4 Å². The SMILES string of the molecule is COCCCNC(=O)CN1C(=O)CS[C@H](c2ccccc2C)c2c(-c3ccccc3)nn(-c3ccc(C)cc3)c21. The standard InChI is InChI=1S/C32H34N4O3S/c1-22-14-16-25(17-15-22)36-32-29(30(34-36)24-11-5-4-6-12-24)31(26-13-8-7-10-23(26)2)40-21-28(38)35(32)20-27(37)33-18-9-19-39-3/h4-8,10-17,31H,9,18-21H2,1-3H3,(H,33,37)/t31-/m1/s1. The summed E-state index contributed by atoms with van der Waals surface area (Å²) in [7, 11) is 1.64. The number of benzene rings is 3. The van der Waals surface area contributed by atoms with Crippen LogP contribution in [0.4, 0.5) is 5.82 Å². The summed E-state index contributed by atoms with van der Waals surface area (Å²) in [5.41, 5.74) is 6.93. The minimum atomic E-state index is -0.215. The Balaban J connectivity index is 1.71. The highest BCUT2D eigenvalue weighted by Gasteiger charge is 2.38. The Morgan fingerprint density at radius 1 is 1.02 bits per heavy atom. The molecule has 1 N–H and O–H groups in total. The number of aromatic nitrogens is 2. The lowest BCUT2D eigenvalue weighted by atomic mass is 9.97. The fraction of sp³-hybridized carbons (Fsp3) is 0.281. The minimum absolute atomic E-state index is 0.0916. The van der Waals surface area contributed by atoms with Gasteiger partial charge in [-0.25, -0.2) is 4.68 Å². The van der Waals surface area contributed by atoms with Crippen LogP contribution < -0.4 is 10.2 Å². The first-order valence-corrected chi connectivity index (χ1v) is 14.5. The lowest BCUT2D eigenvalue weighted by Crippen LogP contribution is -2.42. The molecule has 1 atom stereocenters. The Kier molecular flexibility index (Phi) is 8.67. The van der Waals surface area contributed by atoms with E-state index in [1.54, 1.807) is 23.8 Å². The van der Waals surface area contributed by atoms with Crippen molar-refractivity contribution in [3.8, 4) is 16.9 Å². The van der Waals surface area contributed by atoms with Crippen LogP contribution in [0, 0.1) is 13.8 Å². The molecule has 0 fully saturated rings. The topological polar surface area (TPSA) is 76.5 Å². The molecule has 0 spiro atoms. The Morgan fingerprint density at radius 2 is 1.75 bits per heavy atom. The first-order valence-electron chi connectivity index (χ1n) is 13.5. The molecule has 4 aromatic rings. The Labute approximate surface area is 239 Å². The van der Waals surface area contributed by atoms with Crippen LogP contribution in [0.25, 0.3) is 16.9 Å². The highest BCUT2D eigenvalue weighted by Crippen LogP contribution is 2.49. The number of methoxy groups -OCH3 is 1. The van der Waals surface area contributed by atoms with E-state index in [0.29, 0.717) is 25.4 Å². The number of ether oxygens (including phenoxy) is 1. The van der Waals surface area contributed by atoms with E-state index in [4.69, 9.17) is 9.84 Å². The third kappa shape index (κ3) is 5.83. The highest BCUT2D eigenvalue weighted by atomic mass is 32.2. The van der Waals surface area contributed by atoms with Gasteiger partial charge in [0, 0.05) is 31.4 Å². The van der Waals surface area contributed by atoms with Gasteiger partial charge in [-0.3, -0.25) is 14.5 Å². The molecule has 1 aromatic heterocycles. The van der Waals surface area contributed by atoms with Crippen LogP contribution in [0.15, 0.2) is 78.9 Å². The van der Waals surface area contributed by atoms with Crippen LogP contribution in [0.2, 0.25) is 0 Å². The Morgan fingerprint density at radius 3 is 2.48 bits per heavy atom. The van der Waals surface area contributed by atoms with Gasteiger partial charge in [0.25, 0.3) is 0 Å². The van der Waals surface area contributed by atoms with Gasteiger partial charge < -0.3 is 10.1 Å². The molecule has 206 valence electrons. The van der Waals surface area contributed by atoms with Gasteiger partial charge in [0.05, 0.1) is 22.4 Å². The van der Waals surface area contributed by atoms with Crippen LogP contribution in [0.1, 0.15) is 33.9 Å². The average molecular weight is 555 g/mol. The number of nitrogens with zero attached hydrogens (tertiary/aromatic N) is 3. The van der Waals surface area contributed by atoms with Crippen molar-refractivity contribution in [2.45, 2.75) is 25.5 Å². The van der Waals surface area contributed by atoms with Crippen molar-refractivity contribution >= 4 is 29.4 Å². The van der Waals surface area contributed by atoms with Crippen LogP contribution >= 0.6 is 11.8 Å². The monoisotopic (exact) mass is 554 g/mol. The minimum Gasteiger partial charge on any atom is -0.385 e. The maximum absolute atomic E-state index is 13.8. The van der Waals surface area contributed by atoms with Crippen LogP contribution in [0.5, 0.6) is 0 Å². The normalized spacial score (nSPS) is 15.0. The van der Waals surface area contributed by atoms with Gasteiger partial charge in [0.1, 0.15) is 12.4 Å². The molecule has 1 aliphatic heterocycles. The van der Waals surface area contributed by atoms with E-state index in [9.17, 15) is 9.59 Å². The summed E-state index contributed by atoms with van der Waals surface area (Å²) in [6.45, 7) is 5.08. The lowest BCUT2D eigenvalue weighted by Gasteiger charge is -2.23. The second-order valence-corrected chi connectivity index (χ2v) is 11.0. The van der Waals surface area contributed by atoms with E-state index in [2.05, 4.69) is 24.4 Å². The second kappa shape index (κ2) is 12.5. The van der Waals surface area contributed by atoms with Gasteiger partial charge in [-0.2, -0.15) is 5.10 Å². The molecule has 0 unspecified atom stereocenters. The van der Waals surface area contributed by atoms with Gasteiger partial charge in [-0.15, -0.1) is 11.8 Å². The van der Waals surface area contributed by atoms with Gasteiger partial charge in [0.15, 0.2) is 0 Å². The number of thioether (sulfide) groups is 1. The third-order valence-electron chi connectivity index (χ3n) is 7.03. The fourth-order valence-electron chi connectivity index (χ4n) is 4.96. The molecule has 3 aromatic carbocycles. The van der Waals surface area contributed by atoms with E-state index in [1.807, 2.05) is 78.3 Å². The van der Waals surface area contributed by atoms with E-state index in [0.717, 1.165) is 39.2 Å². The van der Waals surface area contributed by atoms with Gasteiger partial charge in [-0.1, -0.05) is 72.3 Å². The first kappa shape index (κ1) is 27.7. The summed E-state index contributed by atoms with van der Waals surface area (Å²) in [6.07, 6.45) is 0.700. The van der Waals surface area contributed by atoms with Crippen LogP contribution in [-0.4, -0.2) is 54.2 Å². The molecule has 2 heterocycles. The van der Waals surface area contributed by atoms with Crippen molar-refractivity contribution in [2.75, 3.05) is 37.5 Å². The molecule has 7 nitrogen and oxygen atoms in total. The molecular weight excluding hydrogens is 520 g/mol. The molecule has 0 saturated carbocycles. The fourth-order valence-corrected chi connectivity index (χ4v) is 6.26. The quantitative estimate of drug-likeness (QED) is 0.278. The van der Waals surface area contributed by atoms with Crippen molar-refractivity contribution in [1.82, 2.24) is 15.1 Å². The number of carbonyl (C=O) groups excluding carboxylic acids is 2. The number of amides is 2. The summed E-state index contributed by atoms with van der Waals surface area (Å²) < 4.78 is 6.94. The summed E-state index contributed by atoms with van der Waals surface area (Å²) in [5, 5.41) is 7.94. The van der Waals surface area contributed by atoms with Crippen molar-refractivity contribution in [3.63, 3.8) is 0 Å². The van der Waals surface area contributed by atoms with Gasteiger partial charge in [0.2, 0.25) is 11.8 Å². The Hall–Kier alpha value is -3.88. The molecule has 1 aliphatic rings. The molecule has 5 rings (SSSR count). The van der Waals surface area contributed by atoms with E-state index in [1.165, 1.54) is 0 Å². The zero-order chi connectivity index (χ0) is 28.1. The number of carbonyl (C=O) groups is 2. The van der Waals surface area contributed by atoms with Crippen molar-refractivity contribution in [3.05, 3.63) is 101 Å². The van der Waals surface area contributed by atoms with Crippen molar-refractivity contribution in [1.29, 1.82) is 0 Å². The first-order chi connectivity index (χ1) is 19.5. The number of anilines is 1. The maximum Gasteiger partial charge on any atom is 0.240 e. The lowest BCUT2D eigenvalue weighted by molar-refractivity contribution is -0.122. The zero-order valence-corrected chi connectivity index (χ0v) is 23.9. The molecule has 0 bridgehead atoms. The molecule has 0 aliphatic carbocycles. The van der Waals surface area contributed by atoms with E-state index >= 15 is 0 Å². The average Bonchev–Trinajstić information content (AvgIpc) is 3.29. The second-order valence-electron chi connectivity index (χ2n) is 9.92. The summed E-state index contributed by atoms with van der Waals surface area (Å²) in [6, 6.07) is 26.4. The van der Waals surface area contributed by atoms with Crippen molar-refractivity contribution in [2.24, 2.45) is 0 Å². The molecule has 40 heavy (non-hydrogen) atoms. The molecule has 0 radical (unpaired) electrons. The van der Waals surface area contributed by atoms with Crippen molar-refractivity contribution < 1.29 is 14.3 Å². The highest BCUT2D eigenvalue weighted by molar-refractivity contribution is 8.00. The molecular formula is C32H34N4O3S. The zero-order valence-electron chi connectivity index (χ0n) is 23.1. The summed E-state index contributed by atoms with van der Waals surface area (Å²) in [5.74, 6) is 0.542. The van der Waals surface area contributed by atoms with Crippen LogP contribution in [0.3, 0.4) is 0 Å². The predicted molar refractivity (Wildman–Crippen MR) is 161 cm³/mol. The third-order valence-corrected chi connectivity index (χ3v) is 8.27. The number of fused-ring (bicyclic) bond motifs is 1. The summed E-state index contributed by atoms with van der Waals surface area (Å²) in [4.78, 5) is 28.5. The smallest absolute Gasteiger partial charge is 0.240 e. The van der Waals surface area contributed by atoms with Gasteiger partial charge in [-0.05, 0) is 43.5 Å². The number of hydrogen-bond acceptors (Lipinski definition) is 5. The van der Waals surface area contributed by atoms with E-state index < -0.39 is 0 Å². The maximum atomic E-state index is 13.8. The Bertz CT molecular complexity index is 1480. The molecule has 8 heteroatoms. The van der Waals surface area contributed by atoms with Gasteiger partial charge >= 0.3 is 0 Å². The number of nitrogens with one attached hydrogen (secondary N) is 1. The van der Waals surface area contributed by atoms with Crippen LogP contribution in [-0.2, 0) is 14.3 Å². The number of rotatable bonds is 9. The molecule has 2 amide bonds. The number of hydrogen-bond donors (Lipinski definition) is 1. The largest absolute Gasteiger partial charge is 0.385 e. The number of aryl methyl sites for hydroxylation is 2. The summed E-state index contributed by atoms with van der Waals surface area (Å²) >= 11 is 1.58. The predicted octanol–water partition coefficient (Wildman–Crippen LogP) is 5.48.